The SMILES string of the molecule is CN(Cc1cccs1)c1nc2c(cc1C(=O)O)CCC2. The Hall–Kier alpha value is -1.88. The molecule has 0 aromatic carbocycles. The average molecular weight is 288 g/mol. The van der Waals surface area contributed by atoms with Crippen molar-refractivity contribution < 1.29 is 9.90 Å². The molecule has 104 valence electrons. The topological polar surface area (TPSA) is 53.4 Å². The van der Waals surface area contributed by atoms with Crippen molar-refractivity contribution in [3.05, 3.63) is 45.3 Å². The Bertz CT molecular complexity index is 638. The first-order valence-electron chi connectivity index (χ1n) is 6.65. The molecule has 0 aliphatic heterocycles. The molecule has 1 aliphatic rings. The van der Waals surface area contributed by atoms with Crippen LogP contribution in [-0.4, -0.2) is 23.1 Å². The molecule has 3 rings (SSSR count). The van der Waals surface area contributed by atoms with Gasteiger partial charge >= 0.3 is 5.97 Å². The molecule has 2 aromatic rings. The van der Waals surface area contributed by atoms with Crippen molar-refractivity contribution in [2.75, 3.05) is 11.9 Å². The first-order valence-corrected chi connectivity index (χ1v) is 7.52. The lowest BCUT2D eigenvalue weighted by Crippen LogP contribution is -2.21. The number of thiophene rings is 1. The van der Waals surface area contributed by atoms with Crippen LogP contribution in [0, 0.1) is 0 Å². The van der Waals surface area contributed by atoms with Crippen molar-refractivity contribution in [1.82, 2.24) is 4.98 Å². The van der Waals surface area contributed by atoms with Gasteiger partial charge in [0.25, 0.3) is 0 Å². The lowest BCUT2D eigenvalue weighted by molar-refractivity contribution is 0.0697. The van der Waals surface area contributed by atoms with E-state index in [0.717, 1.165) is 30.5 Å². The van der Waals surface area contributed by atoms with E-state index >= 15 is 0 Å². The molecule has 0 saturated heterocycles. The van der Waals surface area contributed by atoms with E-state index in [2.05, 4.69) is 11.1 Å². The minimum Gasteiger partial charge on any atom is -0.478 e. The molecule has 0 amide bonds. The fourth-order valence-electron chi connectivity index (χ4n) is 2.62. The van der Waals surface area contributed by atoms with Crippen molar-refractivity contribution >= 4 is 23.1 Å². The summed E-state index contributed by atoms with van der Waals surface area (Å²) < 4.78 is 0. The van der Waals surface area contributed by atoms with E-state index in [9.17, 15) is 9.90 Å². The van der Waals surface area contributed by atoms with Gasteiger partial charge in [-0.25, -0.2) is 9.78 Å². The second-order valence-electron chi connectivity index (χ2n) is 5.06. The number of pyridine rings is 1. The zero-order valence-corrected chi connectivity index (χ0v) is 12.1. The summed E-state index contributed by atoms with van der Waals surface area (Å²) >= 11 is 1.67. The summed E-state index contributed by atoms with van der Waals surface area (Å²) in [7, 11) is 1.90. The second kappa shape index (κ2) is 5.25. The van der Waals surface area contributed by atoms with Crippen LogP contribution < -0.4 is 4.90 Å². The number of hydrogen-bond acceptors (Lipinski definition) is 4. The maximum absolute atomic E-state index is 11.5. The van der Waals surface area contributed by atoms with E-state index in [-0.39, 0.29) is 0 Å². The lowest BCUT2D eigenvalue weighted by atomic mass is 10.1. The standard InChI is InChI=1S/C15H16N2O2S/c1-17(9-11-5-3-7-20-11)14-12(15(18)19)8-10-4-2-6-13(10)16-14/h3,5,7-8H,2,4,6,9H2,1H3,(H,18,19). The average Bonchev–Trinajstić information content (AvgIpc) is 3.06. The number of anilines is 1. The Labute approximate surface area is 121 Å². The molecule has 0 bridgehead atoms. The quantitative estimate of drug-likeness (QED) is 0.939. The van der Waals surface area contributed by atoms with Gasteiger partial charge in [0, 0.05) is 17.6 Å². The number of aromatic nitrogens is 1. The number of fused-ring (bicyclic) bond motifs is 1. The first kappa shape index (κ1) is 13.1. The van der Waals surface area contributed by atoms with Gasteiger partial charge in [0.1, 0.15) is 11.4 Å². The summed E-state index contributed by atoms with van der Waals surface area (Å²) in [5, 5.41) is 11.4. The van der Waals surface area contributed by atoms with E-state index < -0.39 is 5.97 Å². The Morgan fingerprint density at radius 1 is 1.50 bits per heavy atom. The molecule has 0 spiro atoms. The molecule has 0 unspecified atom stereocenters. The van der Waals surface area contributed by atoms with Gasteiger partial charge in [-0.3, -0.25) is 0 Å². The maximum atomic E-state index is 11.5. The monoisotopic (exact) mass is 288 g/mol. The summed E-state index contributed by atoms with van der Waals surface area (Å²) in [6.07, 6.45) is 2.96. The van der Waals surface area contributed by atoms with Crippen molar-refractivity contribution in [2.24, 2.45) is 0 Å². The molecule has 1 aliphatic carbocycles. The molecule has 2 heterocycles. The minimum absolute atomic E-state index is 0.310. The Kier molecular flexibility index (Phi) is 3.44. The zero-order valence-electron chi connectivity index (χ0n) is 11.3. The van der Waals surface area contributed by atoms with Gasteiger partial charge in [-0.1, -0.05) is 6.07 Å². The first-order chi connectivity index (χ1) is 9.65. The summed E-state index contributed by atoms with van der Waals surface area (Å²) in [5.41, 5.74) is 2.46. The summed E-state index contributed by atoms with van der Waals surface area (Å²) in [5.74, 6) is -0.327. The Balaban J connectivity index is 1.96. The van der Waals surface area contributed by atoms with Gasteiger partial charge in [-0.15, -0.1) is 11.3 Å². The second-order valence-corrected chi connectivity index (χ2v) is 6.09. The molecule has 0 fully saturated rings. The maximum Gasteiger partial charge on any atom is 0.339 e. The van der Waals surface area contributed by atoms with Gasteiger partial charge in [-0.05, 0) is 42.3 Å². The fraction of sp³-hybridized carbons (Fsp3) is 0.333. The Morgan fingerprint density at radius 2 is 2.35 bits per heavy atom. The van der Waals surface area contributed by atoms with Crippen LogP contribution in [0.3, 0.4) is 0 Å². The number of rotatable bonds is 4. The highest BCUT2D eigenvalue weighted by Gasteiger charge is 2.22. The molecule has 2 aromatic heterocycles. The highest BCUT2D eigenvalue weighted by Crippen LogP contribution is 2.28. The minimum atomic E-state index is -0.903. The van der Waals surface area contributed by atoms with Crippen LogP contribution in [0.4, 0.5) is 5.82 Å². The van der Waals surface area contributed by atoms with Gasteiger partial charge in [0.2, 0.25) is 0 Å². The number of hydrogen-bond donors (Lipinski definition) is 1. The molecular weight excluding hydrogens is 272 g/mol. The van der Waals surface area contributed by atoms with E-state index in [4.69, 9.17) is 0 Å². The third-order valence-electron chi connectivity index (χ3n) is 3.60. The molecule has 5 heteroatoms. The van der Waals surface area contributed by atoms with Crippen molar-refractivity contribution in [2.45, 2.75) is 25.8 Å². The highest BCUT2D eigenvalue weighted by molar-refractivity contribution is 7.09. The van der Waals surface area contributed by atoms with Crippen LogP contribution in [0.2, 0.25) is 0 Å². The van der Waals surface area contributed by atoms with Gasteiger partial charge in [-0.2, -0.15) is 0 Å². The van der Waals surface area contributed by atoms with Gasteiger partial charge < -0.3 is 10.0 Å². The molecular formula is C15H16N2O2S. The smallest absolute Gasteiger partial charge is 0.339 e. The normalized spacial score (nSPS) is 13.2. The molecule has 0 radical (unpaired) electrons. The number of nitrogens with zero attached hydrogens (tertiary/aromatic N) is 2. The number of carbonyl (C=O) groups is 1. The van der Waals surface area contributed by atoms with E-state index in [1.807, 2.05) is 23.4 Å². The third-order valence-corrected chi connectivity index (χ3v) is 4.46. The molecule has 0 atom stereocenters. The largest absolute Gasteiger partial charge is 0.478 e. The predicted octanol–water partition coefficient (Wildman–Crippen LogP) is 2.97. The van der Waals surface area contributed by atoms with Crippen molar-refractivity contribution in [3.63, 3.8) is 0 Å². The summed E-state index contributed by atoms with van der Waals surface area (Å²) in [6.45, 7) is 0.684. The van der Waals surface area contributed by atoms with Crippen LogP contribution in [0.5, 0.6) is 0 Å². The summed E-state index contributed by atoms with van der Waals surface area (Å²) in [4.78, 5) is 19.2. The third kappa shape index (κ3) is 2.41. The molecule has 20 heavy (non-hydrogen) atoms. The van der Waals surface area contributed by atoms with Crippen molar-refractivity contribution in [1.29, 1.82) is 0 Å². The number of aryl methyl sites for hydroxylation is 2. The van der Waals surface area contributed by atoms with Crippen LogP contribution in [0.15, 0.2) is 23.6 Å². The van der Waals surface area contributed by atoms with Gasteiger partial charge in [0.15, 0.2) is 0 Å². The zero-order chi connectivity index (χ0) is 14.1. The van der Waals surface area contributed by atoms with Gasteiger partial charge in [0.05, 0.1) is 6.54 Å². The predicted molar refractivity (Wildman–Crippen MR) is 79.6 cm³/mol. The van der Waals surface area contributed by atoms with E-state index in [0.29, 0.717) is 17.9 Å². The summed E-state index contributed by atoms with van der Waals surface area (Å²) in [6, 6.07) is 5.86. The molecule has 1 N–H and O–H groups in total. The van der Waals surface area contributed by atoms with Crippen LogP contribution in [0.25, 0.3) is 0 Å². The lowest BCUT2D eigenvalue weighted by Gasteiger charge is -2.20. The molecule has 4 nitrogen and oxygen atoms in total. The van der Waals surface area contributed by atoms with Crippen LogP contribution >= 0.6 is 11.3 Å². The van der Waals surface area contributed by atoms with E-state index in [1.54, 1.807) is 17.4 Å². The highest BCUT2D eigenvalue weighted by atomic mass is 32.1. The molecule has 0 saturated carbocycles. The number of carboxylic acid groups (broad SMARTS) is 1. The number of aromatic carboxylic acids is 1. The van der Waals surface area contributed by atoms with E-state index in [1.165, 1.54) is 4.88 Å². The van der Waals surface area contributed by atoms with Crippen molar-refractivity contribution in [3.8, 4) is 0 Å². The van der Waals surface area contributed by atoms with Crippen LogP contribution in [0.1, 0.15) is 32.9 Å². The fourth-order valence-corrected chi connectivity index (χ4v) is 3.38. The Morgan fingerprint density at radius 3 is 3.05 bits per heavy atom. The van der Waals surface area contributed by atoms with Crippen LogP contribution in [-0.2, 0) is 19.4 Å². The number of carboxylic acids is 1.